The van der Waals surface area contributed by atoms with Crippen LogP contribution in [-0.2, 0) is 25.9 Å². The first kappa shape index (κ1) is 20.5. The Labute approximate surface area is 133 Å². The first-order valence-corrected chi connectivity index (χ1v) is 5.70. The first-order valence-electron chi connectivity index (χ1n) is 5.70. The van der Waals surface area contributed by atoms with E-state index in [1.165, 1.54) is 19.9 Å². The monoisotopic (exact) mass is 453 g/mol. The van der Waals surface area contributed by atoms with E-state index in [2.05, 4.69) is 9.97 Å². The van der Waals surface area contributed by atoms with Crippen molar-refractivity contribution in [3.8, 4) is 0 Å². The number of allylic oxidation sites excluding steroid dienone is 2. The zero-order valence-corrected chi connectivity index (χ0v) is 13.7. The maximum Gasteiger partial charge on any atom is 0.155 e. The van der Waals surface area contributed by atoms with Gasteiger partial charge in [-0.15, -0.1) is 0 Å². The molecule has 2 aromatic rings. The van der Waals surface area contributed by atoms with E-state index in [-0.39, 0.29) is 32.6 Å². The van der Waals surface area contributed by atoms with Crippen molar-refractivity contribution in [2.24, 2.45) is 0 Å². The van der Waals surface area contributed by atoms with Gasteiger partial charge in [-0.2, -0.15) is 0 Å². The topological polar surface area (TPSA) is 63.1 Å². The molecule has 0 aliphatic rings. The molecular formula is C15H18N2O2Pt. The molecule has 0 saturated heterocycles. The second kappa shape index (κ2) is 15.3. The summed E-state index contributed by atoms with van der Waals surface area (Å²) < 4.78 is 0. The number of aliphatic hydroxyl groups is 1. The maximum atomic E-state index is 10.0. The Balaban J connectivity index is 0. The van der Waals surface area contributed by atoms with Gasteiger partial charge in [0.05, 0.1) is 5.76 Å². The van der Waals surface area contributed by atoms with E-state index >= 15 is 0 Å². The van der Waals surface area contributed by atoms with Crippen LogP contribution in [0.15, 0.2) is 73.0 Å². The van der Waals surface area contributed by atoms with Crippen molar-refractivity contribution >= 4 is 5.78 Å². The van der Waals surface area contributed by atoms with Gasteiger partial charge in [-0.05, 0) is 38.1 Å². The molecule has 0 unspecified atom stereocenters. The van der Waals surface area contributed by atoms with Gasteiger partial charge in [0.15, 0.2) is 5.78 Å². The smallest absolute Gasteiger partial charge is 0.155 e. The van der Waals surface area contributed by atoms with Crippen LogP contribution in [0, 0.1) is 0 Å². The number of hydrogen-bond acceptors (Lipinski definition) is 4. The van der Waals surface area contributed by atoms with Crippen LogP contribution in [-0.4, -0.2) is 20.9 Å². The minimum atomic E-state index is -0.125. The van der Waals surface area contributed by atoms with Crippen LogP contribution in [0.25, 0.3) is 0 Å². The fraction of sp³-hybridized carbons (Fsp3) is 0.133. The second-order valence-corrected chi connectivity index (χ2v) is 3.45. The van der Waals surface area contributed by atoms with Crippen LogP contribution in [0.1, 0.15) is 13.8 Å². The Morgan fingerprint density at radius 3 is 1.25 bits per heavy atom. The van der Waals surface area contributed by atoms with Crippen molar-refractivity contribution < 1.29 is 31.0 Å². The number of hydrogen-bond donors (Lipinski definition) is 1. The molecule has 2 heterocycles. The molecule has 0 spiro atoms. The molecule has 2 aromatic heterocycles. The van der Waals surface area contributed by atoms with Gasteiger partial charge in [0.25, 0.3) is 0 Å². The number of aromatic nitrogens is 2. The Hall–Kier alpha value is -1.80. The van der Waals surface area contributed by atoms with Crippen molar-refractivity contribution in [2.45, 2.75) is 13.8 Å². The molecule has 2 rings (SSSR count). The van der Waals surface area contributed by atoms with Gasteiger partial charge in [-0.25, -0.2) is 0 Å². The number of rotatable bonds is 1. The predicted octanol–water partition coefficient (Wildman–Crippen LogP) is 3.20. The van der Waals surface area contributed by atoms with E-state index in [4.69, 9.17) is 5.11 Å². The predicted molar refractivity (Wildman–Crippen MR) is 75.5 cm³/mol. The number of carbonyl (C=O) groups excluding carboxylic acids is 1. The SMILES string of the molecule is CC(=O)/C=C(/C)O.[Pt].c1ccncc1.c1ccncc1. The summed E-state index contributed by atoms with van der Waals surface area (Å²) in [5, 5.41) is 8.36. The third-order valence-corrected chi connectivity index (χ3v) is 1.55. The van der Waals surface area contributed by atoms with E-state index in [1.54, 1.807) is 24.8 Å². The van der Waals surface area contributed by atoms with Gasteiger partial charge in [-0.1, -0.05) is 12.1 Å². The molecule has 0 bridgehead atoms. The van der Waals surface area contributed by atoms with Crippen LogP contribution in [0.3, 0.4) is 0 Å². The summed E-state index contributed by atoms with van der Waals surface area (Å²) in [5.41, 5.74) is 0. The Kier molecular flexibility index (Phi) is 15.6. The molecular weight excluding hydrogens is 435 g/mol. The molecule has 0 aliphatic heterocycles. The molecule has 5 heteroatoms. The van der Waals surface area contributed by atoms with Crippen molar-refractivity contribution in [2.75, 3.05) is 0 Å². The summed E-state index contributed by atoms with van der Waals surface area (Å²) in [5.74, 6) is -0.0625. The van der Waals surface area contributed by atoms with Gasteiger partial charge in [0.2, 0.25) is 0 Å². The van der Waals surface area contributed by atoms with Gasteiger partial charge in [0, 0.05) is 51.9 Å². The number of pyridine rings is 2. The maximum absolute atomic E-state index is 10.0. The molecule has 110 valence electrons. The largest absolute Gasteiger partial charge is 0.512 e. The van der Waals surface area contributed by atoms with Gasteiger partial charge < -0.3 is 5.11 Å². The van der Waals surface area contributed by atoms with E-state index in [0.29, 0.717) is 0 Å². The Morgan fingerprint density at radius 2 is 1.20 bits per heavy atom. The molecule has 1 N–H and O–H groups in total. The van der Waals surface area contributed by atoms with Crippen molar-refractivity contribution in [3.63, 3.8) is 0 Å². The van der Waals surface area contributed by atoms with E-state index in [1.807, 2.05) is 36.4 Å². The molecule has 0 amide bonds. The van der Waals surface area contributed by atoms with E-state index in [0.717, 1.165) is 0 Å². The minimum absolute atomic E-state index is 0. The van der Waals surface area contributed by atoms with Gasteiger partial charge >= 0.3 is 0 Å². The van der Waals surface area contributed by atoms with Crippen LogP contribution in [0.5, 0.6) is 0 Å². The van der Waals surface area contributed by atoms with Crippen LogP contribution in [0.4, 0.5) is 0 Å². The average Bonchev–Trinajstić information content (AvgIpc) is 2.42. The summed E-state index contributed by atoms with van der Waals surface area (Å²) in [4.78, 5) is 17.6. The molecule has 0 atom stereocenters. The Bertz CT molecular complexity index is 373. The molecule has 0 saturated carbocycles. The van der Waals surface area contributed by atoms with Crippen molar-refractivity contribution in [1.82, 2.24) is 9.97 Å². The molecule has 0 fully saturated rings. The molecule has 4 nitrogen and oxygen atoms in total. The summed E-state index contributed by atoms with van der Waals surface area (Å²) >= 11 is 0. The number of carbonyl (C=O) groups is 1. The summed E-state index contributed by atoms with van der Waals surface area (Å²) in [7, 11) is 0. The molecule has 20 heavy (non-hydrogen) atoms. The molecule has 0 aliphatic carbocycles. The average molecular weight is 453 g/mol. The quantitative estimate of drug-likeness (QED) is 0.532. The molecule has 0 aromatic carbocycles. The van der Waals surface area contributed by atoms with Crippen molar-refractivity contribution in [3.05, 3.63) is 73.0 Å². The van der Waals surface area contributed by atoms with Crippen LogP contribution >= 0.6 is 0 Å². The fourth-order valence-electron chi connectivity index (χ4n) is 0.919. The van der Waals surface area contributed by atoms with E-state index in [9.17, 15) is 4.79 Å². The number of nitrogens with zero attached hydrogens (tertiary/aromatic N) is 2. The summed E-state index contributed by atoms with van der Waals surface area (Å²) in [6.45, 7) is 2.85. The zero-order valence-electron chi connectivity index (χ0n) is 11.4. The number of aliphatic hydroxyl groups excluding tert-OH is 1. The normalized spacial score (nSPS) is 8.80. The third kappa shape index (κ3) is 18.6. The van der Waals surface area contributed by atoms with Gasteiger partial charge in [-0.3, -0.25) is 14.8 Å². The first-order chi connectivity index (χ1) is 9.13. The zero-order chi connectivity index (χ0) is 14.3. The van der Waals surface area contributed by atoms with Crippen LogP contribution in [0.2, 0.25) is 0 Å². The minimum Gasteiger partial charge on any atom is -0.512 e. The summed E-state index contributed by atoms with van der Waals surface area (Å²) in [6.07, 6.45) is 8.17. The standard InChI is InChI=1S/2C5H5N.C5H8O2.Pt/c2*1-2-4-6-5-3-1;1-4(6)3-5(2)7;/h2*1-5H;3,6H,1-2H3;/b;;4-3-;. The third-order valence-electron chi connectivity index (χ3n) is 1.55. The van der Waals surface area contributed by atoms with Gasteiger partial charge in [0.1, 0.15) is 0 Å². The van der Waals surface area contributed by atoms with Crippen molar-refractivity contribution in [1.29, 1.82) is 0 Å². The van der Waals surface area contributed by atoms with E-state index < -0.39 is 0 Å². The van der Waals surface area contributed by atoms with Crippen LogP contribution < -0.4 is 0 Å². The Morgan fingerprint density at radius 1 is 0.850 bits per heavy atom. The fourth-order valence-corrected chi connectivity index (χ4v) is 0.919. The molecule has 0 radical (unpaired) electrons. The second-order valence-electron chi connectivity index (χ2n) is 3.45. The summed E-state index contributed by atoms with van der Waals surface area (Å²) in [6, 6.07) is 11.4. The number of ketones is 1.